The van der Waals surface area contributed by atoms with Crippen molar-refractivity contribution in [3.05, 3.63) is 30.5 Å². The number of methoxy groups -OCH3 is 1. The van der Waals surface area contributed by atoms with Gasteiger partial charge in [-0.15, -0.1) is 10.2 Å². The van der Waals surface area contributed by atoms with Crippen molar-refractivity contribution in [2.24, 2.45) is 0 Å². The molecule has 2 aliphatic rings. The number of nitrogens with zero attached hydrogens (tertiary/aromatic N) is 7. The molecule has 37 heavy (non-hydrogen) atoms. The summed E-state index contributed by atoms with van der Waals surface area (Å²) in [5, 5.41) is 15.0. The Hall–Kier alpha value is -3.52. The standard InChI is InChI=1S/C23H24F4N8O2/c1-22(24,25)11-35-17-7-13(3-4-16(17)30-32-35)15-5-6-34-19(15)20(36-2)29-21(31-34)28-18-8-33(12-23(18,26)27)14-9-37-10-14/h3-7,14,18H,8-12H2,1-2H3,(H,28,31). The van der Waals surface area contributed by atoms with Gasteiger partial charge in [-0.05, 0) is 23.8 Å². The Morgan fingerprint density at radius 3 is 2.76 bits per heavy atom. The molecule has 14 heteroatoms. The van der Waals surface area contributed by atoms with E-state index in [1.54, 1.807) is 35.4 Å². The highest BCUT2D eigenvalue weighted by molar-refractivity contribution is 5.89. The van der Waals surface area contributed by atoms with Crippen molar-refractivity contribution in [1.29, 1.82) is 0 Å². The van der Waals surface area contributed by atoms with Crippen LogP contribution < -0.4 is 10.1 Å². The van der Waals surface area contributed by atoms with E-state index >= 15 is 0 Å². The Labute approximate surface area is 208 Å². The number of nitrogens with one attached hydrogen (secondary N) is 1. The van der Waals surface area contributed by atoms with E-state index in [1.165, 1.54) is 11.6 Å². The van der Waals surface area contributed by atoms with E-state index in [0.29, 0.717) is 40.9 Å². The first-order valence-electron chi connectivity index (χ1n) is 11.7. The molecule has 5 heterocycles. The highest BCUT2D eigenvalue weighted by Gasteiger charge is 2.51. The fourth-order valence-electron chi connectivity index (χ4n) is 4.77. The summed E-state index contributed by atoms with van der Waals surface area (Å²) < 4.78 is 70.0. The second-order valence-corrected chi connectivity index (χ2v) is 9.57. The van der Waals surface area contributed by atoms with Gasteiger partial charge in [0.05, 0.1) is 38.4 Å². The zero-order valence-electron chi connectivity index (χ0n) is 20.0. The number of hydrogen-bond acceptors (Lipinski definition) is 8. The largest absolute Gasteiger partial charge is 0.479 e. The second-order valence-electron chi connectivity index (χ2n) is 9.57. The normalized spacial score (nSPS) is 20.5. The van der Waals surface area contributed by atoms with Crippen LogP contribution in [0.3, 0.4) is 0 Å². The highest BCUT2D eigenvalue weighted by atomic mass is 19.3. The number of hydrogen-bond donors (Lipinski definition) is 1. The Kier molecular flexibility index (Phi) is 5.49. The average Bonchev–Trinajstić information content (AvgIpc) is 3.46. The van der Waals surface area contributed by atoms with E-state index in [2.05, 4.69) is 25.7 Å². The Morgan fingerprint density at radius 1 is 1.24 bits per heavy atom. The van der Waals surface area contributed by atoms with E-state index in [-0.39, 0.29) is 31.0 Å². The van der Waals surface area contributed by atoms with E-state index in [0.717, 1.165) is 11.6 Å². The Balaban J connectivity index is 1.33. The van der Waals surface area contributed by atoms with Gasteiger partial charge in [0, 0.05) is 25.2 Å². The number of halogens is 4. The lowest BCUT2D eigenvalue weighted by Gasteiger charge is -2.34. The van der Waals surface area contributed by atoms with Gasteiger partial charge >= 0.3 is 0 Å². The topological polar surface area (TPSA) is 94.6 Å². The van der Waals surface area contributed by atoms with Gasteiger partial charge in [-0.3, -0.25) is 4.90 Å². The summed E-state index contributed by atoms with van der Waals surface area (Å²) in [7, 11) is 1.43. The maximum atomic E-state index is 14.7. The lowest BCUT2D eigenvalue weighted by atomic mass is 10.1. The lowest BCUT2D eigenvalue weighted by Crippen LogP contribution is -2.48. The minimum absolute atomic E-state index is 0.00462. The lowest BCUT2D eigenvalue weighted by molar-refractivity contribution is -0.0711. The van der Waals surface area contributed by atoms with Crippen LogP contribution in [0.15, 0.2) is 30.5 Å². The van der Waals surface area contributed by atoms with Crippen LogP contribution in [-0.2, 0) is 11.3 Å². The fourth-order valence-corrected chi connectivity index (χ4v) is 4.77. The minimum Gasteiger partial charge on any atom is -0.479 e. The molecule has 0 aliphatic carbocycles. The molecule has 3 aromatic heterocycles. The summed E-state index contributed by atoms with van der Waals surface area (Å²) in [6.07, 6.45) is 1.66. The summed E-state index contributed by atoms with van der Waals surface area (Å²) in [6, 6.07) is 5.77. The van der Waals surface area contributed by atoms with Gasteiger partial charge in [0.2, 0.25) is 11.8 Å². The molecular formula is C23H24F4N8O2. The molecule has 0 amide bonds. The monoisotopic (exact) mass is 520 g/mol. The average molecular weight is 520 g/mol. The van der Waals surface area contributed by atoms with Crippen LogP contribution in [0.5, 0.6) is 5.88 Å². The van der Waals surface area contributed by atoms with Crippen LogP contribution in [-0.4, -0.2) is 91.8 Å². The number of likely N-dealkylation sites (tertiary alicyclic amines) is 1. The molecule has 196 valence electrons. The van der Waals surface area contributed by atoms with Crippen molar-refractivity contribution < 1.29 is 27.0 Å². The van der Waals surface area contributed by atoms with Crippen LogP contribution in [0.4, 0.5) is 23.5 Å². The summed E-state index contributed by atoms with van der Waals surface area (Å²) in [4.78, 5) is 6.08. The summed E-state index contributed by atoms with van der Waals surface area (Å²) >= 11 is 0. The van der Waals surface area contributed by atoms with Gasteiger partial charge < -0.3 is 14.8 Å². The molecular weight excluding hydrogens is 496 g/mol. The van der Waals surface area contributed by atoms with Crippen molar-refractivity contribution in [2.75, 3.05) is 38.7 Å². The van der Waals surface area contributed by atoms with Gasteiger partial charge in [-0.25, -0.2) is 26.8 Å². The maximum Gasteiger partial charge on any atom is 0.281 e. The molecule has 2 saturated heterocycles. The summed E-state index contributed by atoms with van der Waals surface area (Å²) in [6.45, 7) is 0.898. The summed E-state index contributed by atoms with van der Waals surface area (Å²) in [5.41, 5.74) is 2.77. The van der Waals surface area contributed by atoms with E-state index in [1.807, 2.05) is 0 Å². The van der Waals surface area contributed by atoms with Crippen LogP contribution in [0.1, 0.15) is 6.92 Å². The molecule has 1 unspecified atom stereocenters. The van der Waals surface area contributed by atoms with Gasteiger partial charge in [0.1, 0.15) is 23.6 Å². The smallest absolute Gasteiger partial charge is 0.281 e. The fraction of sp³-hybridized carbons (Fsp3) is 0.478. The first-order chi connectivity index (χ1) is 17.6. The van der Waals surface area contributed by atoms with Crippen LogP contribution >= 0.6 is 0 Å². The number of fused-ring (bicyclic) bond motifs is 2. The number of ether oxygens (including phenoxy) is 2. The SMILES string of the molecule is COc1nc(NC2CN(C3COC3)CC2(F)F)nn2ccc(-c3ccc4nnn(CC(C)(F)F)c4c3)c12. The zero-order valence-corrected chi connectivity index (χ0v) is 20.0. The Bertz CT molecular complexity index is 1460. The first kappa shape index (κ1) is 23.9. The molecule has 1 atom stereocenters. The predicted octanol–water partition coefficient (Wildman–Crippen LogP) is 2.94. The minimum atomic E-state index is -2.97. The number of anilines is 1. The van der Waals surface area contributed by atoms with Crippen LogP contribution in [0, 0.1) is 0 Å². The molecule has 0 bridgehead atoms. The van der Waals surface area contributed by atoms with Crippen molar-refractivity contribution in [1.82, 2.24) is 34.5 Å². The van der Waals surface area contributed by atoms with Crippen molar-refractivity contribution in [3.63, 3.8) is 0 Å². The van der Waals surface area contributed by atoms with Gasteiger partial charge in [0.15, 0.2) is 0 Å². The quantitative estimate of drug-likeness (QED) is 0.372. The highest BCUT2D eigenvalue weighted by Crippen LogP contribution is 2.35. The molecule has 2 aliphatic heterocycles. The number of rotatable bonds is 7. The molecule has 2 fully saturated rings. The molecule has 0 spiro atoms. The molecule has 1 aromatic carbocycles. The third kappa shape index (κ3) is 4.33. The second kappa shape index (κ2) is 8.52. The number of aromatic nitrogens is 6. The molecule has 0 radical (unpaired) electrons. The van der Waals surface area contributed by atoms with E-state index in [9.17, 15) is 17.6 Å². The zero-order chi connectivity index (χ0) is 25.9. The molecule has 10 nitrogen and oxygen atoms in total. The maximum absolute atomic E-state index is 14.7. The third-order valence-electron chi connectivity index (χ3n) is 6.71. The molecule has 0 saturated carbocycles. The van der Waals surface area contributed by atoms with Crippen molar-refractivity contribution >= 4 is 22.5 Å². The van der Waals surface area contributed by atoms with E-state index in [4.69, 9.17) is 9.47 Å². The van der Waals surface area contributed by atoms with Crippen LogP contribution in [0.25, 0.3) is 27.7 Å². The third-order valence-corrected chi connectivity index (χ3v) is 6.71. The number of alkyl halides is 4. The van der Waals surface area contributed by atoms with E-state index < -0.39 is 24.4 Å². The van der Waals surface area contributed by atoms with Crippen LogP contribution in [0.2, 0.25) is 0 Å². The van der Waals surface area contributed by atoms with Crippen molar-refractivity contribution in [3.8, 4) is 17.0 Å². The predicted molar refractivity (Wildman–Crippen MR) is 125 cm³/mol. The Morgan fingerprint density at radius 2 is 2.05 bits per heavy atom. The molecule has 6 rings (SSSR count). The molecule has 1 N–H and O–H groups in total. The first-order valence-corrected chi connectivity index (χ1v) is 11.7. The van der Waals surface area contributed by atoms with Crippen molar-refractivity contribution in [2.45, 2.75) is 37.4 Å². The summed E-state index contributed by atoms with van der Waals surface area (Å²) in [5.74, 6) is -5.75. The van der Waals surface area contributed by atoms with Gasteiger partial charge in [-0.2, -0.15) is 4.98 Å². The molecule has 4 aromatic rings. The number of benzene rings is 1. The van der Waals surface area contributed by atoms with Gasteiger partial charge in [-0.1, -0.05) is 11.3 Å². The van der Waals surface area contributed by atoms with Gasteiger partial charge in [0.25, 0.3) is 11.8 Å².